The maximum atomic E-state index is 11.7. The van der Waals surface area contributed by atoms with Gasteiger partial charge in [0.25, 0.3) is 0 Å². The van der Waals surface area contributed by atoms with E-state index in [1.807, 2.05) is 0 Å². The Bertz CT molecular complexity index is 402. The Morgan fingerprint density at radius 3 is 1.57 bits per heavy atom. The van der Waals surface area contributed by atoms with E-state index >= 15 is 0 Å². The zero-order valence-electron chi connectivity index (χ0n) is 12.0. The number of hydrogen-bond donors (Lipinski definition) is 1. The minimum Gasteiger partial charge on any atom is -0.480 e. The fraction of sp³-hybridized carbons (Fsp3) is 0.769. The van der Waals surface area contributed by atoms with Crippen molar-refractivity contribution in [1.82, 2.24) is 9.80 Å². The second-order valence-electron chi connectivity index (χ2n) is 5.38. The van der Waals surface area contributed by atoms with Crippen LogP contribution in [0.2, 0.25) is 0 Å². The van der Waals surface area contributed by atoms with Crippen LogP contribution in [0.5, 0.6) is 0 Å². The van der Waals surface area contributed by atoms with Gasteiger partial charge in [-0.2, -0.15) is 0 Å². The molecule has 2 fully saturated rings. The monoisotopic (exact) mass is 364 g/mol. The van der Waals surface area contributed by atoms with Crippen molar-refractivity contribution in [3.8, 4) is 0 Å². The van der Waals surface area contributed by atoms with Gasteiger partial charge < -0.3 is 14.9 Å². The molecule has 21 heavy (non-hydrogen) atoms. The van der Waals surface area contributed by atoms with Crippen LogP contribution >= 0.6 is 48.0 Å². The maximum absolute atomic E-state index is 11.7. The van der Waals surface area contributed by atoms with E-state index in [1.54, 1.807) is 6.92 Å². The molecule has 0 amide bonds. The van der Waals surface area contributed by atoms with Crippen LogP contribution in [-0.2, 0) is 4.79 Å². The first-order chi connectivity index (χ1) is 9.92. The predicted molar refractivity (Wildman–Crippen MR) is 98.0 cm³/mol. The molecule has 2 aliphatic rings. The van der Waals surface area contributed by atoms with Crippen LogP contribution in [0.4, 0.5) is 0 Å². The Morgan fingerprint density at radius 1 is 0.952 bits per heavy atom. The fourth-order valence-electron chi connectivity index (χ4n) is 2.37. The van der Waals surface area contributed by atoms with E-state index in [9.17, 15) is 9.90 Å². The molecule has 1 N–H and O–H groups in total. The number of carboxylic acid groups (broad SMARTS) is 1. The number of hydrogen-bond acceptors (Lipinski definition) is 5. The molecular weight excluding hydrogens is 344 g/mol. The number of nitrogens with zero attached hydrogens (tertiary/aromatic N) is 2. The van der Waals surface area contributed by atoms with Crippen molar-refractivity contribution in [2.75, 3.05) is 26.2 Å². The minimum atomic E-state index is -1.06. The van der Waals surface area contributed by atoms with Crippen molar-refractivity contribution in [1.29, 1.82) is 0 Å². The van der Waals surface area contributed by atoms with Gasteiger partial charge in [-0.15, -0.1) is 0 Å². The summed E-state index contributed by atoms with van der Waals surface area (Å²) in [6.07, 6.45) is 4.52. The van der Waals surface area contributed by atoms with E-state index in [-0.39, 0.29) is 0 Å². The number of likely N-dealkylation sites (tertiary alicyclic amines) is 2. The number of carboxylic acids is 1. The van der Waals surface area contributed by atoms with Crippen molar-refractivity contribution in [3.05, 3.63) is 0 Å². The van der Waals surface area contributed by atoms with Crippen molar-refractivity contribution in [3.63, 3.8) is 0 Å². The van der Waals surface area contributed by atoms with Crippen molar-refractivity contribution < 1.29 is 9.90 Å². The number of thioether (sulfide) groups is 2. The summed E-state index contributed by atoms with van der Waals surface area (Å²) in [5.74, 6) is -0.874. The van der Waals surface area contributed by atoms with Gasteiger partial charge in [0.05, 0.1) is 0 Å². The molecule has 2 heterocycles. The first-order valence-corrected chi connectivity index (χ1v) is 9.56. The standard InChI is InChI=1S/C13H20N2O2S4/c1-13(10(16)17,20-11(18)14-6-2-3-7-14)21-12(19)15-8-4-5-9-15/h2-9H2,1H3,(H,16,17). The van der Waals surface area contributed by atoms with E-state index in [0.717, 1.165) is 51.9 Å². The van der Waals surface area contributed by atoms with Gasteiger partial charge in [0.1, 0.15) is 8.64 Å². The third kappa shape index (κ3) is 4.46. The highest BCUT2D eigenvalue weighted by atomic mass is 32.2. The Balaban J connectivity index is 1.99. The molecule has 0 atom stereocenters. The molecule has 0 spiro atoms. The molecule has 0 aromatic rings. The quantitative estimate of drug-likeness (QED) is 0.606. The minimum absolute atomic E-state index is 0.675. The Morgan fingerprint density at radius 2 is 1.29 bits per heavy atom. The van der Waals surface area contributed by atoms with Gasteiger partial charge in [0.2, 0.25) is 0 Å². The average Bonchev–Trinajstić information content (AvgIpc) is 3.12. The molecule has 0 saturated carbocycles. The van der Waals surface area contributed by atoms with Gasteiger partial charge in [0, 0.05) is 26.2 Å². The maximum Gasteiger partial charge on any atom is 0.330 e. The largest absolute Gasteiger partial charge is 0.480 e. The summed E-state index contributed by atoms with van der Waals surface area (Å²) in [6.45, 7) is 5.44. The Kier molecular flexibility index (Phi) is 6.16. The first-order valence-electron chi connectivity index (χ1n) is 7.11. The van der Waals surface area contributed by atoms with Gasteiger partial charge in [0.15, 0.2) is 4.08 Å². The smallest absolute Gasteiger partial charge is 0.330 e. The SMILES string of the molecule is CC(SC(=S)N1CCCC1)(SC(=S)N1CCCC1)C(=O)O. The summed E-state index contributed by atoms with van der Waals surface area (Å²) < 4.78 is 0.294. The summed E-state index contributed by atoms with van der Waals surface area (Å²) in [7, 11) is 0. The molecule has 4 nitrogen and oxygen atoms in total. The van der Waals surface area contributed by atoms with Crippen LogP contribution in [0, 0.1) is 0 Å². The van der Waals surface area contributed by atoms with E-state index in [4.69, 9.17) is 24.4 Å². The van der Waals surface area contributed by atoms with Gasteiger partial charge >= 0.3 is 5.97 Å². The van der Waals surface area contributed by atoms with Gasteiger partial charge in [-0.05, 0) is 32.6 Å². The average molecular weight is 365 g/mol. The van der Waals surface area contributed by atoms with Crippen molar-refractivity contribution in [2.45, 2.75) is 36.7 Å². The molecule has 8 heteroatoms. The zero-order chi connectivity index (χ0) is 15.5. The lowest BCUT2D eigenvalue weighted by Crippen LogP contribution is -2.37. The second-order valence-corrected chi connectivity index (χ2v) is 9.74. The summed E-state index contributed by atoms with van der Waals surface area (Å²) in [4.78, 5) is 15.9. The zero-order valence-corrected chi connectivity index (χ0v) is 15.3. The summed E-state index contributed by atoms with van der Waals surface area (Å²) in [5.41, 5.74) is 0. The molecule has 0 radical (unpaired) electrons. The lowest BCUT2D eigenvalue weighted by molar-refractivity contribution is -0.136. The first kappa shape index (κ1) is 17.3. The molecule has 0 aromatic heterocycles. The lowest BCUT2D eigenvalue weighted by Gasteiger charge is -2.29. The van der Waals surface area contributed by atoms with Gasteiger partial charge in [-0.3, -0.25) is 0 Å². The highest BCUT2D eigenvalue weighted by molar-refractivity contribution is 8.37. The van der Waals surface area contributed by atoms with Crippen LogP contribution < -0.4 is 0 Å². The van der Waals surface area contributed by atoms with Crippen LogP contribution in [0.15, 0.2) is 0 Å². The van der Waals surface area contributed by atoms with Crippen LogP contribution in [0.3, 0.4) is 0 Å². The molecule has 2 rings (SSSR count). The third-order valence-corrected chi connectivity index (χ3v) is 7.19. The Hall–Kier alpha value is -0.0500. The molecule has 0 aromatic carbocycles. The summed E-state index contributed by atoms with van der Waals surface area (Å²) >= 11 is 13.3. The van der Waals surface area contributed by atoms with Crippen LogP contribution in [0.1, 0.15) is 32.6 Å². The van der Waals surface area contributed by atoms with Crippen LogP contribution in [-0.4, -0.2) is 59.8 Å². The molecule has 118 valence electrons. The molecular formula is C13H20N2O2S4. The van der Waals surface area contributed by atoms with E-state index in [2.05, 4.69) is 9.80 Å². The molecule has 0 unspecified atom stereocenters. The second kappa shape index (κ2) is 7.48. The van der Waals surface area contributed by atoms with Crippen molar-refractivity contribution >= 4 is 62.6 Å². The molecule has 2 saturated heterocycles. The molecule has 2 aliphatic heterocycles. The summed E-state index contributed by atoms with van der Waals surface area (Å²) in [5, 5.41) is 9.62. The van der Waals surface area contributed by atoms with Gasteiger partial charge in [-0.25, -0.2) is 4.79 Å². The van der Waals surface area contributed by atoms with Crippen LogP contribution in [0.25, 0.3) is 0 Å². The number of carbonyl (C=O) groups is 1. The highest BCUT2D eigenvalue weighted by Gasteiger charge is 2.40. The highest BCUT2D eigenvalue weighted by Crippen LogP contribution is 2.41. The topological polar surface area (TPSA) is 43.8 Å². The third-order valence-electron chi connectivity index (χ3n) is 3.68. The molecule has 0 aliphatic carbocycles. The van der Waals surface area contributed by atoms with E-state index in [1.165, 1.54) is 23.5 Å². The van der Waals surface area contributed by atoms with E-state index in [0.29, 0.717) is 8.64 Å². The summed E-state index contributed by atoms with van der Waals surface area (Å²) in [6, 6.07) is 0. The van der Waals surface area contributed by atoms with Gasteiger partial charge in [-0.1, -0.05) is 48.0 Å². The van der Waals surface area contributed by atoms with Crippen molar-refractivity contribution in [2.24, 2.45) is 0 Å². The number of aliphatic carboxylic acids is 1. The predicted octanol–water partition coefficient (Wildman–Crippen LogP) is 3.02. The van der Waals surface area contributed by atoms with E-state index < -0.39 is 10.0 Å². The normalized spacial score (nSPS) is 19.1. The number of rotatable bonds is 3. The Labute approximate surface area is 145 Å². The molecule has 0 bridgehead atoms. The lowest BCUT2D eigenvalue weighted by atomic mass is 10.4. The number of thiocarbonyl (C=S) groups is 2. The fourth-order valence-corrected chi connectivity index (χ4v) is 6.16.